The van der Waals surface area contributed by atoms with Crippen molar-refractivity contribution in [2.45, 2.75) is 40.7 Å². The summed E-state index contributed by atoms with van der Waals surface area (Å²) in [7, 11) is 0. The molecular formula is C20H24N2O2S. The predicted molar refractivity (Wildman–Crippen MR) is 105 cm³/mol. The Bertz CT molecular complexity index is 923. The lowest BCUT2D eigenvalue weighted by atomic mass is 10.0. The lowest BCUT2D eigenvalue weighted by molar-refractivity contribution is 0.340. The smallest absolute Gasteiger partial charge is 0.262 e. The van der Waals surface area contributed by atoms with Gasteiger partial charge in [-0.1, -0.05) is 26.0 Å². The van der Waals surface area contributed by atoms with Gasteiger partial charge in [0.25, 0.3) is 5.56 Å². The lowest BCUT2D eigenvalue weighted by Gasteiger charge is -2.09. The maximum Gasteiger partial charge on any atom is 0.262 e. The predicted octanol–water partition coefficient (Wildman–Crippen LogP) is 4.88. The van der Waals surface area contributed by atoms with Gasteiger partial charge in [-0.25, -0.2) is 4.98 Å². The Hall–Kier alpha value is -2.14. The minimum atomic E-state index is 0.0545. The first-order chi connectivity index (χ1) is 12.0. The van der Waals surface area contributed by atoms with Gasteiger partial charge in [0, 0.05) is 17.0 Å². The van der Waals surface area contributed by atoms with E-state index in [9.17, 15) is 4.79 Å². The van der Waals surface area contributed by atoms with Crippen LogP contribution in [0.15, 0.2) is 35.4 Å². The van der Waals surface area contributed by atoms with Crippen molar-refractivity contribution in [3.63, 3.8) is 0 Å². The maximum atomic E-state index is 13.0. The third-order valence-corrected chi connectivity index (χ3v) is 5.27. The molecule has 0 bridgehead atoms. The molecular weight excluding hydrogens is 332 g/mol. The summed E-state index contributed by atoms with van der Waals surface area (Å²) in [4.78, 5) is 19.5. The molecule has 5 heteroatoms. The Morgan fingerprint density at radius 2 is 1.96 bits per heavy atom. The summed E-state index contributed by atoms with van der Waals surface area (Å²) in [6.07, 6.45) is 2.65. The molecule has 132 valence electrons. The van der Waals surface area contributed by atoms with Crippen LogP contribution in [0.2, 0.25) is 0 Å². The molecule has 3 rings (SSSR count). The standard InChI is InChI=1S/C20H24N2O2S/c1-5-24-16-8-6-15(7-9-16)17-14(4)25-19-18(17)20(23)22(12-21-19)11-10-13(2)3/h6-9,12-13H,5,10-11H2,1-4H3. The van der Waals surface area contributed by atoms with Crippen molar-refractivity contribution in [2.24, 2.45) is 5.92 Å². The first kappa shape index (κ1) is 17.7. The van der Waals surface area contributed by atoms with Gasteiger partial charge in [0.15, 0.2) is 0 Å². The first-order valence-electron chi connectivity index (χ1n) is 8.73. The molecule has 0 atom stereocenters. The van der Waals surface area contributed by atoms with Crippen molar-refractivity contribution in [2.75, 3.05) is 6.61 Å². The van der Waals surface area contributed by atoms with E-state index in [1.807, 2.05) is 31.2 Å². The normalized spacial score (nSPS) is 11.4. The SMILES string of the molecule is CCOc1ccc(-c2c(C)sc3ncn(CCC(C)C)c(=O)c23)cc1. The summed E-state index contributed by atoms with van der Waals surface area (Å²) < 4.78 is 7.26. The number of thiophene rings is 1. The van der Waals surface area contributed by atoms with E-state index in [1.165, 1.54) is 0 Å². The fraction of sp³-hybridized carbons (Fsp3) is 0.400. The van der Waals surface area contributed by atoms with Crippen LogP contribution in [0.5, 0.6) is 5.75 Å². The van der Waals surface area contributed by atoms with Crippen molar-refractivity contribution in [3.8, 4) is 16.9 Å². The minimum absolute atomic E-state index is 0.0545. The average Bonchev–Trinajstić information content (AvgIpc) is 2.92. The van der Waals surface area contributed by atoms with Gasteiger partial charge in [-0.05, 0) is 43.9 Å². The number of fused-ring (bicyclic) bond motifs is 1. The molecule has 25 heavy (non-hydrogen) atoms. The molecule has 0 aliphatic heterocycles. The number of nitrogens with zero attached hydrogens (tertiary/aromatic N) is 2. The van der Waals surface area contributed by atoms with Crippen LogP contribution in [0.1, 0.15) is 32.1 Å². The van der Waals surface area contributed by atoms with Crippen LogP contribution in [-0.2, 0) is 6.54 Å². The fourth-order valence-corrected chi connectivity index (χ4v) is 3.93. The highest BCUT2D eigenvalue weighted by atomic mass is 32.1. The van der Waals surface area contributed by atoms with Crippen LogP contribution in [0.4, 0.5) is 0 Å². The third-order valence-electron chi connectivity index (χ3n) is 4.26. The minimum Gasteiger partial charge on any atom is -0.494 e. The Morgan fingerprint density at radius 3 is 2.60 bits per heavy atom. The monoisotopic (exact) mass is 356 g/mol. The average molecular weight is 356 g/mol. The van der Waals surface area contributed by atoms with E-state index in [0.717, 1.165) is 38.4 Å². The second-order valence-electron chi connectivity index (χ2n) is 6.60. The number of aryl methyl sites for hydroxylation is 2. The summed E-state index contributed by atoms with van der Waals surface area (Å²) in [6.45, 7) is 9.70. The van der Waals surface area contributed by atoms with Gasteiger partial charge in [0.1, 0.15) is 10.6 Å². The Balaban J connectivity index is 2.09. The quantitative estimate of drug-likeness (QED) is 0.632. The zero-order chi connectivity index (χ0) is 18.0. The van der Waals surface area contributed by atoms with Gasteiger partial charge in [-0.2, -0.15) is 0 Å². The van der Waals surface area contributed by atoms with Crippen molar-refractivity contribution in [1.29, 1.82) is 0 Å². The van der Waals surface area contributed by atoms with Crippen molar-refractivity contribution in [1.82, 2.24) is 9.55 Å². The van der Waals surface area contributed by atoms with Crippen molar-refractivity contribution < 1.29 is 4.74 Å². The lowest BCUT2D eigenvalue weighted by Crippen LogP contribution is -2.21. The first-order valence-corrected chi connectivity index (χ1v) is 9.54. The largest absolute Gasteiger partial charge is 0.494 e. The number of aromatic nitrogens is 2. The summed E-state index contributed by atoms with van der Waals surface area (Å²) in [5.41, 5.74) is 2.09. The molecule has 0 radical (unpaired) electrons. The van der Waals surface area contributed by atoms with Gasteiger partial charge >= 0.3 is 0 Å². The Labute approximate surface area is 152 Å². The van der Waals surface area contributed by atoms with Gasteiger partial charge in [-0.15, -0.1) is 11.3 Å². The third kappa shape index (κ3) is 3.61. The van der Waals surface area contributed by atoms with Crippen LogP contribution in [0.3, 0.4) is 0 Å². The molecule has 0 aliphatic rings. The second kappa shape index (κ2) is 7.40. The van der Waals surface area contributed by atoms with Gasteiger partial charge in [0.2, 0.25) is 0 Å². The highest BCUT2D eigenvalue weighted by Gasteiger charge is 2.17. The molecule has 1 aromatic carbocycles. The summed E-state index contributed by atoms with van der Waals surface area (Å²) in [6, 6.07) is 7.94. The van der Waals surface area contributed by atoms with E-state index >= 15 is 0 Å². The topological polar surface area (TPSA) is 44.1 Å². The molecule has 2 aromatic heterocycles. The molecule has 4 nitrogen and oxygen atoms in total. The van der Waals surface area contributed by atoms with Crippen LogP contribution in [0, 0.1) is 12.8 Å². The maximum absolute atomic E-state index is 13.0. The number of benzene rings is 1. The molecule has 0 aliphatic carbocycles. The summed E-state index contributed by atoms with van der Waals surface area (Å²) in [5.74, 6) is 1.40. The molecule has 0 unspecified atom stereocenters. The molecule has 0 saturated heterocycles. The van der Waals surface area contributed by atoms with E-state index in [4.69, 9.17) is 4.74 Å². The zero-order valence-corrected chi connectivity index (χ0v) is 16.0. The van der Waals surface area contributed by atoms with Gasteiger partial charge in [0.05, 0.1) is 18.3 Å². The summed E-state index contributed by atoms with van der Waals surface area (Å²) >= 11 is 1.58. The molecule has 0 N–H and O–H groups in total. The second-order valence-corrected chi connectivity index (χ2v) is 7.80. The van der Waals surface area contributed by atoms with E-state index in [0.29, 0.717) is 19.1 Å². The van der Waals surface area contributed by atoms with Crippen LogP contribution < -0.4 is 10.3 Å². The Kier molecular flexibility index (Phi) is 5.23. The number of ether oxygens (including phenoxy) is 1. The Morgan fingerprint density at radius 1 is 1.24 bits per heavy atom. The van der Waals surface area contributed by atoms with E-state index < -0.39 is 0 Å². The summed E-state index contributed by atoms with van der Waals surface area (Å²) in [5, 5.41) is 0.734. The van der Waals surface area contributed by atoms with Crippen molar-refractivity contribution in [3.05, 3.63) is 45.8 Å². The number of rotatable bonds is 6. The van der Waals surface area contributed by atoms with Crippen molar-refractivity contribution >= 4 is 21.6 Å². The van der Waals surface area contributed by atoms with E-state index in [2.05, 4.69) is 25.8 Å². The molecule has 0 spiro atoms. The highest BCUT2D eigenvalue weighted by Crippen LogP contribution is 2.36. The highest BCUT2D eigenvalue weighted by molar-refractivity contribution is 7.19. The van der Waals surface area contributed by atoms with E-state index in [1.54, 1.807) is 22.2 Å². The number of hydrogen-bond donors (Lipinski definition) is 0. The fourth-order valence-electron chi connectivity index (χ4n) is 2.93. The molecule has 0 saturated carbocycles. The van der Waals surface area contributed by atoms with E-state index in [-0.39, 0.29) is 5.56 Å². The van der Waals surface area contributed by atoms with Crippen LogP contribution >= 0.6 is 11.3 Å². The molecule has 2 heterocycles. The van der Waals surface area contributed by atoms with Crippen LogP contribution in [0.25, 0.3) is 21.3 Å². The molecule has 3 aromatic rings. The number of hydrogen-bond acceptors (Lipinski definition) is 4. The van der Waals surface area contributed by atoms with Gasteiger partial charge < -0.3 is 4.74 Å². The van der Waals surface area contributed by atoms with Crippen LogP contribution in [-0.4, -0.2) is 16.2 Å². The molecule has 0 fully saturated rings. The molecule has 0 amide bonds. The van der Waals surface area contributed by atoms with Gasteiger partial charge in [-0.3, -0.25) is 9.36 Å². The zero-order valence-electron chi connectivity index (χ0n) is 15.2.